The molecule has 2 aliphatic carbocycles. The Morgan fingerprint density at radius 3 is 3.06 bits per heavy atom. The Balaban J connectivity index is 1.68. The predicted octanol–water partition coefficient (Wildman–Crippen LogP) is 2.35. The van der Waals surface area contributed by atoms with E-state index >= 15 is 0 Å². The Labute approximate surface area is 101 Å². The topological polar surface area (TPSA) is 57.8 Å². The van der Waals surface area contributed by atoms with E-state index in [1.807, 2.05) is 0 Å². The lowest BCUT2D eigenvalue weighted by atomic mass is 9.88. The summed E-state index contributed by atoms with van der Waals surface area (Å²) in [5.74, 6) is 2.66. The minimum absolute atomic E-state index is 0.191. The number of H-pyrrole nitrogens is 1. The standard InChI is InChI=1S/C13H19N3O/c1-2-9-7-14-16-12(9)15-13(17)11-6-8-3-4-10(11)5-8/h7-8,10-11H,2-6H2,1H3,(H2,14,15,16,17). The van der Waals surface area contributed by atoms with E-state index in [-0.39, 0.29) is 11.8 Å². The van der Waals surface area contributed by atoms with E-state index in [2.05, 4.69) is 22.4 Å². The van der Waals surface area contributed by atoms with Crippen molar-refractivity contribution >= 4 is 11.7 Å². The molecular weight excluding hydrogens is 214 g/mol. The zero-order chi connectivity index (χ0) is 11.8. The molecule has 0 radical (unpaired) electrons. The summed E-state index contributed by atoms with van der Waals surface area (Å²) in [4.78, 5) is 12.2. The number of aromatic nitrogens is 2. The molecule has 4 heteroatoms. The Hall–Kier alpha value is -1.32. The summed E-state index contributed by atoms with van der Waals surface area (Å²) >= 11 is 0. The summed E-state index contributed by atoms with van der Waals surface area (Å²) < 4.78 is 0. The number of amides is 1. The van der Waals surface area contributed by atoms with Crippen molar-refractivity contribution in [3.8, 4) is 0 Å². The summed E-state index contributed by atoms with van der Waals surface area (Å²) in [5, 5.41) is 9.87. The largest absolute Gasteiger partial charge is 0.311 e. The molecule has 1 aromatic heterocycles. The fourth-order valence-electron chi connectivity index (χ4n) is 3.47. The molecule has 2 N–H and O–H groups in total. The molecule has 92 valence electrons. The monoisotopic (exact) mass is 233 g/mol. The van der Waals surface area contributed by atoms with Crippen LogP contribution in [0.25, 0.3) is 0 Å². The van der Waals surface area contributed by atoms with Gasteiger partial charge in [0.1, 0.15) is 5.82 Å². The number of fused-ring (bicyclic) bond motifs is 2. The summed E-state index contributed by atoms with van der Waals surface area (Å²) in [5.41, 5.74) is 1.08. The number of aromatic amines is 1. The van der Waals surface area contributed by atoms with E-state index in [0.29, 0.717) is 5.92 Å². The molecule has 3 atom stereocenters. The van der Waals surface area contributed by atoms with Crippen molar-refractivity contribution < 1.29 is 4.79 Å². The molecule has 0 saturated heterocycles. The normalized spacial score (nSPS) is 30.8. The maximum absolute atomic E-state index is 12.2. The second-order valence-corrected chi connectivity index (χ2v) is 5.39. The van der Waals surface area contributed by atoms with E-state index in [1.54, 1.807) is 6.20 Å². The summed E-state index contributed by atoms with van der Waals surface area (Å²) in [6, 6.07) is 0. The molecule has 1 amide bonds. The lowest BCUT2D eigenvalue weighted by Crippen LogP contribution is -2.27. The molecule has 2 fully saturated rings. The zero-order valence-corrected chi connectivity index (χ0v) is 10.2. The van der Waals surface area contributed by atoms with Crippen molar-refractivity contribution in [1.29, 1.82) is 0 Å². The average molecular weight is 233 g/mol. The van der Waals surface area contributed by atoms with E-state index in [9.17, 15) is 4.79 Å². The number of anilines is 1. The van der Waals surface area contributed by atoms with Gasteiger partial charge in [-0.25, -0.2) is 0 Å². The van der Waals surface area contributed by atoms with Crippen LogP contribution in [0.4, 0.5) is 5.82 Å². The maximum atomic E-state index is 12.2. The number of nitrogens with zero attached hydrogens (tertiary/aromatic N) is 1. The Morgan fingerprint density at radius 1 is 1.53 bits per heavy atom. The van der Waals surface area contributed by atoms with Gasteiger partial charge in [0.2, 0.25) is 5.91 Å². The molecular formula is C13H19N3O. The van der Waals surface area contributed by atoms with Gasteiger partial charge in [-0.2, -0.15) is 5.10 Å². The fraction of sp³-hybridized carbons (Fsp3) is 0.692. The molecule has 1 aromatic rings. The number of hydrogen-bond donors (Lipinski definition) is 2. The molecule has 2 bridgehead atoms. The van der Waals surface area contributed by atoms with Crippen LogP contribution in [0.3, 0.4) is 0 Å². The van der Waals surface area contributed by atoms with Crippen LogP contribution in [0, 0.1) is 17.8 Å². The third-order valence-corrected chi connectivity index (χ3v) is 4.42. The van der Waals surface area contributed by atoms with Gasteiger partial charge in [0, 0.05) is 11.5 Å². The minimum atomic E-state index is 0.191. The van der Waals surface area contributed by atoms with Crippen LogP contribution in [-0.2, 0) is 11.2 Å². The van der Waals surface area contributed by atoms with Gasteiger partial charge in [-0.1, -0.05) is 13.3 Å². The van der Waals surface area contributed by atoms with Crippen LogP contribution >= 0.6 is 0 Å². The molecule has 0 spiro atoms. The molecule has 3 unspecified atom stereocenters. The maximum Gasteiger partial charge on any atom is 0.228 e. The van der Waals surface area contributed by atoms with Gasteiger partial charge in [0.15, 0.2) is 0 Å². The summed E-state index contributed by atoms with van der Waals surface area (Å²) in [7, 11) is 0. The Morgan fingerprint density at radius 2 is 2.41 bits per heavy atom. The lowest BCUT2D eigenvalue weighted by molar-refractivity contribution is -0.121. The smallest absolute Gasteiger partial charge is 0.228 e. The van der Waals surface area contributed by atoms with Gasteiger partial charge in [-0.3, -0.25) is 9.89 Å². The SMILES string of the molecule is CCc1cn[nH]c1NC(=O)C1CC2CCC1C2. The predicted molar refractivity (Wildman–Crippen MR) is 65.5 cm³/mol. The summed E-state index contributed by atoms with van der Waals surface area (Å²) in [6.45, 7) is 2.07. The van der Waals surface area contributed by atoms with Gasteiger partial charge in [-0.15, -0.1) is 0 Å². The summed E-state index contributed by atoms with van der Waals surface area (Å²) in [6.07, 6.45) is 7.61. The first-order valence-electron chi connectivity index (χ1n) is 6.61. The van der Waals surface area contributed by atoms with Crippen molar-refractivity contribution in [1.82, 2.24) is 10.2 Å². The molecule has 2 saturated carbocycles. The van der Waals surface area contributed by atoms with Crippen LogP contribution in [0.2, 0.25) is 0 Å². The van der Waals surface area contributed by atoms with Crippen molar-refractivity contribution in [3.05, 3.63) is 11.8 Å². The van der Waals surface area contributed by atoms with Crippen LogP contribution in [-0.4, -0.2) is 16.1 Å². The molecule has 4 nitrogen and oxygen atoms in total. The molecule has 0 aliphatic heterocycles. The first kappa shape index (κ1) is 10.8. The lowest BCUT2D eigenvalue weighted by Gasteiger charge is -2.20. The van der Waals surface area contributed by atoms with Crippen LogP contribution in [0.15, 0.2) is 6.20 Å². The van der Waals surface area contributed by atoms with Crippen molar-refractivity contribution in [3.63, 3.8) is 0 Å². The molecule has 17 heavy (non-hydrogen) atoms. The molecule has 1 heterocycles. The van der Waals surface area contributed by atoms with Crippen LogP contribution in [0.1, 0.15) is 38.2 Å². The van der Waals surface area contributed by atoms with Crippen LogP contribution in [0.5, 0.6) is 0 Å². The fourth-order valence-corrected chi connectivity index (χ4v) is 3.47. The van der Waals surface area contributed by atoms with Gasteiger partial charge in [-0.05, 0) is 37.5 Å². The van der Waals surface area contributed by atoms with Gasteiger partial charge < -0.3 is 5.32 Å². The van der Waals surface area contributed by atoms with Crippen molar-refractivity contribution in [2.45, 2.75) is 39.0 Å². The Bertz CT molecular complexity index is 426. The minimum Gasteiger partial charge on any atom is -0.311 e. The number of hydrogen-bond acceptors (Lipinski definition) is 2. The molecule has 3 rings (SSSR count). The quantitative estimate of drug-likeness (QED) is 0.842. The highest BCUT2D eigenvalue weighted by molar-refractivity contribution is 5.92. The van der Waals surface area contributed by atoms with Crippen molar-refractivity contribution in [2.75, 3.05) is 5.32 Å². The second-order valence-electron chi connectivity index (χ2n) is 5.39. The van der Waals surface area contributed by atoms with E-state index < -0.39 is 0 Å². The number of rotatable bonds is 3. The first-order chi connectivity index (χ1) is 8.28. The number of nitrogens with one attached hydrogen (secondary N) is 2. The zero-order valence-electron chi connectivity index (χ0n) is 10.2. The number of carbonyl (C=O) groups excluding carboxylic acids is 1. The third kappa shape index (κ3) is 1.85. The van der Waals surface area contributed by atoms with Gasteiger partial charge >= 0.3 is 0 Å². The van der Waals surface area contributed by atoms with E-state index in [4.69, 9.17) is 0 Å². The highest BCUT2D eigenvalue weighted by Crippen LogP contribution is 2.48. The second kappa shape index (κ2) is 4.17. The van der Waals surface area contributed by atoms with E-state index in [0.717, 1.165) is 30.1 Å². The van der Waals surface area contributed by atoms with Gasteiger partial charge in [0.05, 0.1) is 6.20 Å². The van der Waals surface area contributed by atoms with Crippen molar-refractivity contribution in [2.24, 2.45) is 17.8 Å². The van der Waals surface area contributed by atoms with Gasteiger partial charge in [0.25, 0.3) is 0 Å². The van der Waals surface area contributed by atoms with E-state index in [1.165, 1.54) is 19.3 Å². The first-order valence-corrected chi connectivity index (χ1v) is 6.61. The van der Waals surface area contributed by atoms with Crippen LogP contribution < -0.4 is 5.32 Å². The average Bonchev–Trinajstić information content (AvgIpc) is 3.03. The number of aryl methyl sites for hydroxylation is 1. The highest BCUT2D eigenvalue weighted by atomic mass is 16.2. The molecule has 2 aliphatic rings. The highest BCUT2D eigenvalue weighted by Gasteiger charge is 2.43. The number of carbonyl (C=O) groups is 1. The Kier molecular flexibility index (Phi) is 2.65. The molecule has 0 aromatic carbocycles. The third-order valence-electron chi connectivity index (χ3n) is 4.42.